The first-order chi connectivity index (χ1) is 21.7. The van der Waals surface area contributed by atoms with Crippen molar-refractivity contribution in [2.24, 2.45) is 5.92 Å². The topological polar surface area (TPSA) is 153 Å². The predicted molar refractivity (Wildman–Crippen MR) is 160 cm³/mol. The van der Waals surface area contributed by atoms with E-state index in [4.69, 9.17) is 9.29 Å². The van der Waals surface area contributed by atoms with Crippen molar-refractivity contribution in [2.45, 2.75) is 114 Å². The monoisotopic (exact) mass is 727 g/mol. The number of unbranched alkanes of at least 4 members (excludes halogenated alkanes) is 9. The van der Waals surface area contributed by atoms with Gasteiger partial charge in [0.1, 0.15) is 5.75 Å². The summed E-state index contributed by atoms with van der Waals surface area (Å²) in [5.74, 6) is -8.47. The van der Waals surface area contributed by atoms with Gasteiger partial charge in [0.2, 0.25) is 5.91 Å². The zero-order chi connectivity index (χ0) is 35.9. The third-order valence-electron chi connectivity index (χ3n) is 7.29. The van der Waals surface area contributed by atoms with Crippen molar-refractivity contribution in [3.8, 4) is 5.75 Å². The zero-order valence-corrected chi connectivity index (χ0v) is 27.9. The molecule has 0 heterocycles. The molecular formula is C29H43F6NO9S2. The molecule has 0 spiro atoms. The summed E-state index contributed by atoms with van der Waals surface area (Å²) in [5.41, 5.74) is 0.440. The molecule has 0 fully saturated rings. The number of carbonyl (C=O) groups is 2. The van der Waals surface area contributed by atoms with E-state index in [9.17, 15) is 52.8 Å². The van der Waals surface area contributed by atoms with Gasteiger partial charge < -0.3 is 14.2 Å². The Hall–Kier alpha value is -2.60. The van der Waals surface area contributed by atoms with Crippen LogP contribution in [0.3, 0.4) is 0 Å². The fourth-order valence-corrected chi connectivity index (χ4v) is 5.53. The Morgan fingerprint density at radius 3 is 1.79 bits per heavy atom. The molecule has 1 unspecified atom stereocenters. The Kier molecular flexibility index (Phi) is 17.0. The van der Waals surface area contributed by atoms with Crippen LogP contribution in [0, 0.1) is 5.92 Å². The van der Waals surface area contributed by atoms with E-state index in [0.717, 1.165) is 88.5 Å². The molecule has 1 aromatic rings. The number of benzene rings is 1. The smallest absolute Gasteiger partial charge is 0.450 e. The van der Waals surface area contributed by atoms with Gasteiger partial charge in [-0.3, -0.25) is 14.1 Å². The highest BCUT2D eigenvalue weighted by molar-refractivity contribution is 7.88. The number of nitrogens with one attached hydrogen (secondary N) is 1. The number of carbonyl (C=O) groups excluding carboxylic acids is 2. The third-order valence-corrected chi connectivity index (χ3v) is 9.49. The van der Waals surface area contributed by atoms with Crippen molar-refractivity contribution < 1.29 is 66.2 Å². The summed E-state index contributed by atoms with van der Waals surface area (Å²) in [6.07, 6.45) is 11.2. The number of amides is 1. The lowest BCUT2D eigenvalue weighted by Crippen LogP contribution is -2.61. The summed E-state index contributed by atoms with van der Waals surface area (Å²) in [7, 11) is -14.0. The molecule has 47 heavy (non-hydrogen) atoms. The fourth-order valence-electron chi connectivity index (χ4n) is 4.10. The van der Waals surface area contributed by atoms with Crippen LogP contribution in [0.4, 0.5) is 26.3 Å². The number of hydrogen-bond donors (Lipinski definition) is 2. The lowest BCUT2D eigenvalue weighted by atomic mass is 10.1. The van der Waals surface area contributed by atoms with Crippen molar-refractivity contribution in [2.75, 3.05) is 13.2 Å². The van der Waals surface area contributed by atoms with E-state index < -0.39 is 42.4 Å². The van der Waals surface area contributed by atoms with Gasteiger partial charge in [0.25, 0.3) is 0 Å². The Morgan fingerprint density at radius 1 is 0.809 bits per heavy atom. The molecular weight excluding hydrogens is 684 g/mol. The molecule has 1 atom stereocenters. The maximum absolute atomic E-state index is 13.9. The van der Waals surface area contributed by atoms with Crippen molar-refractivity contribution in [3.05, 3.63) is 29.8 Å². The minimum atomic E-state index is -7.14. The van der Waals surface area contributed by atoms with E-state index in [1.807, 2.05) is 13.8 Å². The molecule has 0 saturated carbocycles. The molecule has 1 amide bonds. The largest absolute Gasteiger partial charge is 0.465 e. The van der Waals surface area contributed by atoms with Crippen LogP contribution in [0.2, 0.25) is 0 Å². The van der Waals surface area contributed by atoms with E-state index in [2.05, 4.69) is 9.50 Å². The van der Waals surface area contributed by atoms with Crippen LogP contribution in [-0.4, -0.2) is 62.8 Å². The van der Waals surface area contributed by atoms with Crippen LogP contribution in [0.1, 0.15) is 96.5 Å². The van der Waals surface area contributed by atoms with Crippen LogP contribution in [0.15, 0.2) is 24.3 Å². The summed E-state index contributed by atoms with van der Waals surface area (Å²) in [5, 5.41) is -10.9. The molecule has 2 N–H and O–H groups in total. The highest BCUT2D eigenvalue weighted by Gasteiger charge is 2.83. The number of hydrogen-bond acceptors (Lipinski definition) is 8. The Balaban J connectivity index is 2.28. The zero-order valence-electron chi connectivity index (χ0n) is 26.3. The molecule has 0 aliphatic heterocycles. The van der Waals surface area contributed by atoms with E-state index in [0.29, 0.717) is 25.0 Å². The first kappa shape index (κ1) is 42.4. The van der Waals surface area contributed by atoms with Gasteiger partial charge in [-0.05, 0) is 43.4 Å². The van der Waals surface area contributed by atoms with E-state index in [1.54, 1.807) is 0 Å². The molecule has 0 bridgehead atoms. The summed E-state index contributed by atoms with van der Waals surface area (Å²) in [6, 6.07) is 3.81. The van der Waals surface area contributed by atoms with Crippen LogP contribution < -0.4 is 9.50 Å². The highest BCUT2D eigenvalue weighted by Crippen LogP contribution is 2.50. The molecule has 1 aromatic carbocycles. The van der Waals surface area contributed by atoms with E-state index in [1.165, 1.54) is 0 Å². The van der Waals surface area contributed by atoms with Gasteiger partial charge in [-0.25, -0.2) is 0 Å². The molecule has 0 saturated heterocycles. The number of esters is 1. The van der Waals surface area contributed by atoms with Crippen molar-refractivity contribution in [1.82, 2.24) is 5.32 Å². The molecule has 0 aliphatic carbocycles. The van der Waals surface area contributed by atoms with Gasteiger partial charge in [-0.1, -0.05) is 77.3 Å². The number of rotatable bonds is 24. The van der Waals surface area contributed by atoms with Gasteiger partial charge in [0.05, 0.1) is 12.5 Å². The Morgan fingerprint density at radius 2 is 1.30 bits per heavy atom. The summed E-state index contributed by atoms with van der Waals surface area (Å²) < 4.78 is 143. The standard InChI is InChI=1S/C29H43F6NO9S2/c1-3-22(2)26(38)44-21-13-11-9-7-5-4-6-8-10-12-14-25(37)36-20-19-23-15-17-24(18-16-23)45-47(42,43)29(34,35)27(30,31)28(32,33)46(39,40)41/h15-18,22H,3-14,19-21H2,1-2H3,(H,36,37)(H,39,40,41). The van der Waals surface area contributed by atoms with Gasteiger partial charge in [0, 0.05) is 13.0 Å². The summed E-state index contributed by atoms with van der Waals surface area (Å²) >= 11 is 0. The maximum atomic E-state index is 13.9. The van der Waals surface area contributed by atoms with Gasteiger partial charge in [-0.15, -0.1) is 0 Å². The first-order valence-electron chi connectivity index (χ1n) is 15.3. The molecule has 1 rings (SSSR count). The quantitative estimate of drug-likeness (QED) is 0.0392. The molecule has 0 radical (unpaired) electrons. The van der Waals surface area contributed by atoms with Crippen LogP contribution >= 0.6 is 0 Å². The molecule has 272 valence electrons. The Labute approximate surface area is 271 Å². The van der Waals surface area contributed by atoms with Gasteiger partial charge >= 0.3 is 42.6 Å². The maximum Gasteiger partial charge on any atom is 0.450 e. The second-order valence-corrected chi connectivity index (χ2v) is 14.2. The minimum Gasteiger partial charge on any atom is -0.465 e. The SMILES string of the molecule is CCC(C)C(=O)OCCCCCCCCCCCCC(=O)NCCc1ccc(OS(=O)(=O)C(F)(F)C(F)(F)C(F)(F)S(=O)(=O)O)cc1. The van der Waals surface area contributed by atoms with Crippen LogP contribution in [0.25, 0.3) is 0 Å². The number of halogens is 6. The average Bonchev–Trinajstić information content (AvgIpc) is 2.98. The second kappa shape index (κ2) is 18.8. The Bertz CT molecular complexity index is 1340. The molecule has 0 aromatic heterocycles. The van der Waals surface area contributed by atoms with E-state index in [-0.39, 0.29) is 30.8 Å². The highest BCUT2D eigenvalue weighted by atomic mass is 32.2. The lowest BCUT2D eigenvalue weighted by molar-refractivity contribution is -0.247. The third kappa shape index (κ3) is 12.7. The normalized spacial score (nSPS) is 13.6. The van der Waals surface area contributed by atoms with Crippen LogP contribution in [-0.2, 0) is 41.0 Å². The van der Waals surface area contributed by atoms with Crippen molar-refractivity contribution >= 4 is 32.1 Å². The number of alkyl halides is 6. The van der Waals surface area contributed by atoms with Gasteiger partial charge in [0.15, 0.2) is 0 Å². The summed E-state index contributed by atoms with van der Waals surface area (Å²) in [6.45, 7) is 4.43. The first-order valence-corrected chi connectivity index (χ1v) is 18.1. The lowest BCUT2D eigenvalue weighted by Gasteiger charge is -2.29. The summed E-state index contributed by atoms with van der Waals surface area (Å²) in [4.78, 5) is 23.6. The van der Waals surface area contributed by atoms with Crippen molar-refractivity contribution in [3.63, 3.8) is 0 Å². The predicted octanol–water partition coefficient (Wildman–Crippen LogP) is 6.64. The van der Waals surface area contributed by atoms with Gasteiger partial charge in [-0.2, -0.15) is 43.2 Å². The average molecular weight is 728 g/mol. The minimum absolute atomic E-state index is 0.0604. The molecule has 0 aliphatic rings. The van der Waals surface area contributed by atoms with Crippen LogP contribution in [0.5, 0.6) is 5.75 Å². The second-order valence-electron chi connectivity index (χ2n) is 11.1. The molecule has 10 nitrogen and oxygen atoms in total. The molecule has 18 heteroatoms. The van der Waals surface area contributed by atoms with Crippen molar-refractivity contribution in [1.29, 1.82) is 0 Å². The van der Waals surface area contributed by atoms with E-state index >= 15 is 0 Å². The fraction of sp³-hybridized carbons (Fsp3) is 0.724. The number of ether oxygens (including phenoxy) is 1.